The fraction of sp³-hybridized carbons (Fsp3) is 0.900. The second kappa shape index (κ2) is 7.65. The molecular weight excluding hydrogens is 318 g/mol. The Bertz CT molecular complexity index is 478. The summed E-state index contributed by atoms with van der Waals surface area (Å²) in [4.78, 5) is 27.3. The molecule has 2 unspecified atom stereocenters. The van der Waals surface area contributed by atoms with Gasteiger partial charge in [-0.3, -0.25) is 9.69 Å². The first-order valence-corrected chi connectivity index (χ1v) is 9.95. The fourth-order valence-corrected chi connectivity index (χ4v) is 4.63. The number of rotatable bonds is 3. The van der Waals surface area contributed by atoms with Crippen molar-refractivity contribution >= 4 is 11.9 Å². The van der Waals surface area contributed by atoms with Crippen LogP contribution in [0.3, 0.4) is 0 Å². The molecule has 0 N–H and O–H groups in total. The van der Waals surface area contributed by atoms with Gasteiger partial charge in [0.15, 0.2) is 0 Å². The number of piperidine rings is 1. The van der Waals surface area contributed by atoms with Crippen molar-refractivity contribution < 1.29 is 19.1 Å². The minimum atomic E-state index is -0.500. The summed E-state index contributed by atoms with van der Waals surface area (Å²) in [6.45, 7) is 6.69. The van der Waals surface area contributed by atoms with Crippen molar-refractivity contribution in [2.45, 2.75) is 89.8 Å². The van der Waals surface area contributed by atoms with Gasteiger partial charge in [0, 0.05) is 12.3 Å². The van der Waals surface area contributed by atoms with Crippen molar-refractivity contribution in [3.8, 4) is 0 Å². The summed E-state index contributed by atoms with van der Waals surface area (Å²) >= 11 is 0. The third kappa shape index (κ3) is 4.75. The van der Waals surface area contributed by atoms with Gasteiger partial charge in [-0.05, 0) is 39.5 Å². The van der Waals surface area contributed by atoms with E-state index in [0.717, 1.165) is 19.3 Å². The Kier molecular flexibility index (Phi) is 5.71. The Morgan fingerprint density at radius 3 is 2.20 bits per heavy atom. The van der Waals surface area contributed by atoms with Crippen LogP contribution < -0.4 is 0 Å². The Morgan fingerprint density at radius 2 is 1.64 bits per heavy atom. The molecule has 0 aromatic heterocycles. The lowest BCUT2D eigenvalue weighted by Gasteiger charge is -2.48. The van der Waals surface area contributed by atoms with Gasteiger partial charge in [-0.2, -0.15) is 0 Å². The zero-order chi connectivity index (χ0) is 18.0. The quantitative estimate of drug-likeness (QED) is 0.773. The predicted octanol–water partition coefficient (Wildman–Crippen LogP) is 3.94. The highest BCUT2D eigenvalue weighted by atomic mass is 16.6. The maximum atomic E-state index is 12.8. The zero-order valence-corrected chi connectivity index (χ0v) is 16.0. The van der Waals surface area contributed by atoms with E-state index in [1.54, 1.807) is 0 Å². The molecule has 1 aliphatic carbocycles. The number of hydrogen-bond acceptors (Lipinski definition) is 4. The van der Waals surface area contributed by atoms with Crippen molar-refractivity contribution in [1.82, 2.24) is 4.90 Å². The molecular formula is C20H33NO4. The van der Waals surface area contributed by atoms with E-state index in [1.165, 1.54) is 32.1 Å². The molecule has 1 amide bonds. The monoisotopic (exact) mass is 351 g/mol. The summed E-state index contributed by atoms with van der Waals surface area (Å²) in [5.74, 6) is 1.08. The van der Waals surface area contributed by atoms with E-state index in [1.807, 2.05) is 25.7 Å². The topological polar surface area (TPSA) is 55.8 Å². The Balaban J connectivity index is 1.60. The molecule has 5 nitrogen and oxygen atoms in total. The third-order valence-electron chi connectivity index (χ3n) is 5.79. The number of morpholine rings is 1. The molecule has 2 saturated heterocycles. The van der Waals surface area contributed by atoms with E-state index in [2.05, 4.69) is 0 Å². The van der Waals surface area contributed by atoms with Gasteiger partial charge in [0.1, 0.15) is 11.4 Å². The van der Waals surface area contributed by atoms with Crippen LogP contribution >= 0.6 is 0 Å². The lowest BCUT2D eigenvalue weighted by Crippen LogP contribution is -2.60. The summed E-state index contributed by atoms with van der Waals surface area (Å²) in [7, 11) is 0. The minimum absolute atomic E-state index is 0.0253. The number of carbonyl (C=O) groups is 2. The standard InChI is InChI=1S/C20H33NO4/c1-20(2,3)25-19(23)21-16-10-15(11-17(21)13-24-12-16)18(22)9-14-7-5-4-6-8-14/h14-17H,4-13H2,1-3H3. The molecule has 2 bridgehead atoms. The largest absolute Gasteiger partial charge is 0.444 e. The molecule has 3 rings (SSSR count). The van der Waals surface area contributed by atoms with Gasteiger partial charge in [-0.1, -0.05) is 32.1 Å². The van der Waals surface area contributed by atoms with Gasteiger partial charge in [0.25, 0.3) is 0 Å². The molecule has 25 heavy (non-hydrogen) atoms. The number of ether oxygens (including phenoxy) is 2. The van der Waals surface area contributed by atoms with Crippen molar-refractivity contribution in [3.05, 3.63) is 0 Å². The zero-order valence-electron chi connectivity index (χ0n) is 16.0. The van der Waals surface area contributed by atoms with Crippen molar-refractivity contribution in [3.63, 3.8) is 0 Å². The molecule has 2 heterocycles. The van der Waals surface area contributed by atoms with Gasteiger partial charge in [-0.15, -0.1) is 0 Å². The summed E-state index contributed by atoms with van der Waals surface area (Å²) in [5, 5.41) is 0. The molecule has 0 aromatic carbocycles. The van der Waals surface area contributed by atoms with Gasteiger partial charge < -0.3 is 9.47 Å². The van der Waals surface area contributed by atoms with Gasteiger partial charge in [0.2, 0.25) is 0 Å². The smallest absolute Gasteiger partial charge is 0.410 e. The van der Waals surface area contributed by atoms with Crippen LogP contribution in [0.5, 0.6) is 0 Å². The second-order valence-electron chi connectivity index (χ2n) is 9.08. The lowest BCUT2D eigenvalue weighted by atomic mass is 9.78. The van der Waals surface area contributed by atoms with Crippen LogP contribution in [0.4, 0.5) is 4.79 Å². The number of hydrogen-bond donors (Lipinski definition) is 0. The minimum Gasteiger partial charge on any atom is -0.444 e. The van der Waals surface area contributed by atoms with Gasteiger partial charge in [-0.25, -0.2) is 4.79 Å². The van der Waals surface area contributed by atoms with Crippen LogP contribution in [0.25, 0.3) is 0 Å². The van der Waals surface area contributed by atoms with Crippen LogP contribution in [-0.4, -0.2) is 47.7 Å². The molecule has 0 aromatic rings. The summed E-state index contributed by atoms with van der Waals surface area (Å²) in [6, 6.07) is -0.0506. The third-order valence-corrected chi connectivity index (χ3v) is 5.79. The molecule has 1 saturated carbocycles. The first-order valence-electron chi connectivity index (χ1n) is 9.95. The highest BCUT2D eigenvalue weighted by Gasteiger charge is 2.45. The normalized spacial score (nSPS) is 30.8. The van der Waals surface area contributed by atoms with Crippen LogP contribution in [0.15, 0.2) is 0 Å². The van der Waals surface area contributed by atoms with E-state index < -0.39 is 5.60 Å². The summed E-state index contributed by atoms with van der Waals surface area (Å²) < 4.78 is 11.2. The molecule has 3 aliphatic rings. The van der Waals surface area contributed by atoms with E-state index in [0.29, 0.717) is 24.9 Å². The molecule has 2 aliphatic heterocycles. The molecule has 0 radical (unpaired) electrons. The number of ketones is 1. The Morgan fingerprint density at radius 1 is 1.04 bits per heavy atom. The van der Waals surface area contributed by atoms with Crippen LogP contribution in [0.2, 0.25) is 0 Å². The van der Waals surface area contributed by atoms with Crippen LogP contribution in [0.1, 0.15) is 72.1 Å². The summed E-state index contributed by atoms with van der Waals surface area (Å²) in [5.41, 5.74) is -0.500. The summed E-state index contributed by atoms with van der Waals surface area (Å²) in [6.07, 6.45) is 8.20. The van der Waals surface area contributed by atoms with E-state index in [9.17, 15) is 9.59 Å². The van der Waals surface area contributed by atoms with Crippen LogP contribution in [0, 0.1) is 11.8 Å². The highest BCUT2D eigenvalue weighted by molar-refractivity contribution is 5.82. The highest BCUT2D eigenvalue weighted by Crippen LogP contribution is 2.36. The molecule has 5 heteroatoms. The van der Waals surface area contributed by atoms with E-state index in [4.69, 9.17) is 9.47 Å². The first kappa shape index (κ1) is 18.7. The Labute approximate surface area is 151 Å². The number of carbonyl (C=O) groups excluding carboxylic acids is 2. The maximum Gasteiger partial charge on any atom is 0.410 e. The fourth-order valence-electron chi connectivity index (χ4n) is 4.63. The van der Waals surface area contributed by atoms with Gasteiger partial charge in [0.05, 0.1) is 25.3 Å². The van der Waals surface area contributed by atoms with E-state index >= 15 is 0 Å². The SMILES string of the molecule is CC(C)(C)OC(=O)N1C2COCC1CC(C(=O)CC1CCCCC1)C2. The van der Waals surface area contributed by atoms with E-state index in [-0.39, 0.29) is 24.1 Å². The molecule has 142 valence electrons. The molecule has 3 fully saturated rings. The average molecular weight is 351 g/mol. The van der Waals surface area contributed by atoms with Crippen molar-refractivity contribution in [2.24, 2.45) is 11.8 Å². The molecule has 0 spiro atoms. The number of Topliss-reactive ketones (excluding diaryl/α,β-unsaturated/α-hetero) is 1. The number of nitrogens with zero attached hydrogens (tertiary/aromatic N) is 1. The second-order valence-corrected chi connectivity index (χ2v) is 9.08. The van der Waals surface area contributed by atoms with Crippen molar-refractivity contribution in [2.75, 3.05) is 13.2 Å². The molecule has 2 atom stereocenters. The lowest BCUT2D eigenvalue weighted by molar-refractivity contribution is -0.133. The van der Waals surface area contributed by atoms with Crippen LogP contribution in [-0.2, 0) is 14.3 Å². The Hall–Kier alpha value is -1.10. The van der Waals surface area contributed by atoms with Crippen molar-refractivity contribution in [1.29, 1.82) is 0 Å². The maximum absolute atomic E-state index is 12.8. The number of amides is 1. The predicted molar refractivity (Wildman–Crippen MR) is 95.4 cm³/mol. The average Bonchev–Trinajstić information content (AvgIpc) is 2.52. The van der Waals surface area contributed by atoms with Gasteiger partial charge >= 0.3 is 6.09 Å². The first-order chi connectivity index (χ1) is 11.8. The number of fused-ring (bicyclic) bond motifs is 2.